The van der Waals surface area contributed by atoms with Gasteiger partial charge in [0.2, 0.25) is 0 Å². The SMILES string of the molecule is CCC(C)C1CN(C2(C)CC2)CCN1. The second kappa shape index (κ2) is 3.82. The lowest BCUT2D eigenvalue weighted by atomic mass is 9.96. The van der Waals surface area contributed by atoms with Crippen LogP contribution in [0.2, 0.25) is 0 Å². The summed E-state index contributed by atoms with van der Waals surface area (Å²) in [6.45, 7) is 10.8. The number of nitrogens with zero attached hydrogens (tertiary/aromatic N) is 1. The van der Waals surface area contributed by atoms with Crippen molar-refractivity contribution in [2.45, 2.75) is 51.6 Å². The molecular weight excluding hydrogens is 172 g/mol. The minimum atomic E-state index is 0.577. The second-order valence-corrected chi connectivity index (χ2v) is 5.39. The van der Waals surface area contributed by atoms with Crippen LogP contribution in [0.1, 0.15) is 40.0 Å². The van der Waals surface area contributed by atoms with E-state index in [9.17, 15) is 0 Å². The molecule has 2 unspecified atom stereocenters. The van der Waals surface area contributed by atoms with E-state index in [4.69, 9.17) is 0 Å². The summed E-state index contributed by atoms with van der Waals surface area (Å²) in [6.07, 6.45) is 4.13. The van der Waals surface area contributed by atoms with Gasteiger partial charge in [0.25, 0.3) is 0 Å². The molecule has 0 spiro atoms. The van der Waals surface area contributed by atoms with E-state index in [-0.39, 0.29) is 0 Å². The first-order chi connectivity index (χ1) is 6.65. The van der Waals surface area contributed by atoms with Crippen LogP contribution in [-0.4, -0.2) is 36.1 Å². The van der Waals surface area contributed by atoms with Crippen molar-refractivity contribution in [1.29, 1.82) is 0 Å². The highest BCUT2D eigenvalue weighted by molar-refractivity contribution is 5.02. The van der Waals surface area contributed by atoms with Crippen molar-refractivity contribution in [1.82, 2.24) is 10.2 Å². The third kappa shape index (κ3) is 1.96. The molecule has 0 aromatic heterocycles. The van der Waals surface area contributed by atoms with Gasteiger partial charge in [0.05, 0.1) is 0 Å². The van der Waals surface area contributed by atoms with Gasteiger partial charge in [-0.2, -0.15) is 0 Å². The predicted molar refractivity (Wildman–Crippen MR) is 60.5 cm³/mol. The molecule has 1 N–H and O–H groups in total. The topological polar surface area (TPSA) is 15.3 Å². The molecule has 2 nitrogen and oxygen atoms in total. The van der Waals surface area contributed by atoms with Crippen LogP contribution in [0.3, 0.4) is 0 Å². The Hall–Kier alpha value is -0.0800. The molecule has 1 heterocycles. The number of hydrogen-bond acceptors (Lipinski definition) is 2. The summed E-state index contributed by atoms with van der Waals surface area (Å²) in [7, 11) is 0. The van der Waals surface area contributed by atoms with Crippen LogP contribution in [0.5, 0.6) is 0 Å². The molecule has 0 bridgehead atoms. The average molecular weight is 196 g/mol. The lowest BCUT2D eigenvalue weighted by Crippen LogP contribution is -2.56. The van der Waals surface area contributed by atoms with Gasteiger partial charge < -0.3 is 5.32 Å². The molecule has 0 amide bonds. The van der Waals surface area contributed by atoms with Crippen molar-refractivity contribution in [3.8, 4) is 0 Å². The van der Waals surface area contributed by atoms with Gasteiger partial charge in [-0.15, -0.1) is 0 Å². The molecule has 2 heteroatoms. The Morgan fingerprint density at radius 3 is 2.79 bits per heavy atom. The minimum absolute atomic E-state index is 0.577. The van der Waals surface area contributed by atoms with Crippen molar-refractivity contribution in [2.24, 2.45) is 5.92 Å². The van der Waals surface area contributed by atoms with E-state index in [0.29, 0.717) is 5.54 Å². The highest BCUT2D eigenvalue weighted by atomic mass is 15.3. The molecule has 0 aromatic carbocycles. The monoisotopic (exact) mass is 196 g/mol. The highest BCUT2D eigenvalue weighted by Crippen LogP contribution is 2.41. The first kappa shape index (κ1) is 10.4. The summed E-state index contributed by atoms with van der Waals surface area (Å²) >= 11 is 0. The van der Waals surface area contributed by atoms with Gasteiger partial charge in [-0.3, -0.25) is 4.90 Å². The zero-order valence-corrected chi connectivity index (χ0v) is 9.84. The summed E-state index contributed by atoms with van der Waals surface area (Å²) < 4.78 is 0. The Balaban J connectivity index is 1.90. The summed E-state index contributed by atoms with van der Waals surface area (Å²) in [5.41, 5.74) is 0.577. The Labute approximate surface area is 88.1 Å². The second-order valence-electron chi connectivity index (χ2n) is 5.39. The van der Waals surface area contributed by atoms with Gasteiger partial charge in [-0.25, -0.2) is 0 Å². The molecule has 0 radical (unpaired) electrons. The Kier molecular flexibility index (Phi) is 2.85. The van der Waals surface area contributed by atoms with Gasteiger partial charge in [-0.05, 0) is 25.7 Å². The number of nitrogens with one attached hydrogen (secondary N) is 1. The first-order valence-corrected chi connectivity index (χ1v) is 6.14. The molecule has 2 atom stereocenters. The van der Waals surface area contributed by atoms with Crippen molar-refractivity contribution in [3.05, 3.63) is 0 Å². The molecule has 0 aromatic rings. The average Bonchev–Trinajstić information content (AvgIpc) is 2.97. The van der Waals surface area contributed by atoms with E-state index < -0.39 is 0 Å². The van der Waals surface area contributed by atoms with Crippen molar-refractivity contribution < 1.29 is 0 Å². The van der Waals surface area contributed by atoms with Gasteiger partial charge in [0.15, 0.2) is 0 Å². The summed E-state index contributed by atoms with van der Waals surface area (Å²) in [5, 5.41) is 3.66. The van der Waals surface area contributed by atoms with Crippen molar-refractivity contribution >= 4 is 0 Å². The molecular formula is C12H24N2. The largest absolute Gasteiger partial charge is 0.311 e. The molecule has 1 aliphatic heterocycles. The molecule has 14 heavy (non-hydrogen) atoms. The van der Waals surface area contributed by atoms with E-state index in [1.54, 1.807) is 0 Å². The number of piperazine rings is 1. The number of hydrogen-bond donors (Lipinski definition) is 1. The molecule has 2 fully saturated rings. The predicted octanol–water partition coefficient (Wildman–Crippen LogP) is 1.86. The minimum Gasteiger partial charge on any atom is -0.311 e. The van der Waals surface area contributed by atoms with Gasteiger partial charge in [-0.1, -0.05) is 20.3 Å². The maximum Gasteiger partial charge on any atom is 0.0221 e. The van der Waals surface area contributed by atoms with E-state index in [1.807, 2.05) is 0 Å². The Morgan fingerprint density at radius 2 is 2.21 bits per heavy atom. The lowest BCUT2D eigenvalue weighted by molar-refractivity contribution is 0.117. The number of rotatable bonds is 3. The van der Waals surface area contributed by atoms with E-state index in [0.717, 1.165) is 12.0 Å². The van der Waals surface area contributed by atoms with Crippen LogP contribution in [0.15, 0.2) is 0 Å². The highest BCUT2D eigenvalue weighted by Gasteiger charge is 2.44. The van der Waals surface area contributed by atoms with Crippen LogP contribution in [0.4, 0.5) is 0 Å². The third-order valence-electron chi connectivity index (χ3n) is 4.27. The normalized spacial score (nSPS) is 34.1. The van der Waals surface area contributed by atoms with Crippen molar-refractivity contribution in [2.75, 3.05) is 19.6 Å². The van der Waals surface area contributed by atoms with Crippen LogP contribution >= 0.6 is 0 Å². The summed E-state index contributed by atoms with van der Waals surface area (Å²) in [4.78, 5) is 2.71. The molecule has 1 saturated carbocycles. The van der Waals surface area contributed by atoms with Gasteiger partial charge in [0.1, 0.15) is 0 Å². The molecule has 2 rings (SSSR count). The van der Waals surface area contributed by atoms with Crippen LogP contribution in [0, 0.1) is 5.92 Å². The Bertz CT molecular complexity index is 198. The molecule has 2 aliphatic rings. The third-order valence-corrected chi connectivity index (χ3v) is 4.27. The zero-order chi connectivity index (χ0) is 10.2. The van der Waals surface area contributed by atoms with Gasteiger partial charge in [0, 0.05) is 31.2 Å². The van der Waals surface area contributed by atoms with E-state index in [2.05, 4.69) is 31.0 Å². The van der Waals surface area contributed by atoms with Crippen LogP contribution in [0.25, 0.3) is 0 Å². The lowest BCUT2D eigenvalue weighted by Gasteiger charge is -2.40. The maximum absolute atomic E-state index is 3.66. The summed E-state index contributed by atoms with van der Waals surface area (Å²) in [5.74, 6) is 0.820. The first-order valence-electron chi connectivity index (χ1n) is 6.14. The van der Waals surface area contributed by atoms with Gasteiger partial charge >= 0.3 is 0 Å². The standard InChI is InChI=1S/C12H24N2/c1-4-10(2)11-9-14(8-7-13-11)12(3)5-6-12/h10-11,13H,4-9H2,1-3H3. The van der Waals surface area contributed by atoms with Crippen LogP contribution < -0.4 is 5.32 Å². The Morgan fingerprint density at radius 1 is 1.50 bits per heavy atom. The fourth-order valence-electron chi connectivity index (χ4n) is 2.43. The maximum atomic E-state index is 3.66. The fraction of sp³-hybridized carbons (Fsp3) is 1.00. The van der Waals surface area contributed by atoms with Crippen molar-refractivity contribution in [3.63, 3.8) is 0 Å². The molecule has 82 valence electrons. The summed E-state index contributed by atoms with van der Waals surface area (Å²) in [6, 6.07) is 0.728. The quantitative estimate of drug-likeness (QED) is 0.741. The van der Waals surface area contributed by atoms with Crippen LogP contribution in [-0.2, 0) is 0 Å². The smallest absolute Gasteiger partial charge is 0.0221 e. The fourth-order valence-corrected chi connectivity index (χ4v) is 2.43. The van der Waals surface area contributed by atoms with E-state index in [1.165, 1.54) is 38.9 Å². The van der Waals surface area contributed by atoms with E-state index >= 15 is 0 Å². The molecule has 1 aliphatic carbocycles. The molecule has 1 saturated heterocycles. The zero-order valence-electron chi connectivity index (χ0n) is 9.84.